The smallest absolute Gasteiger partial charge is 0.251 e. The second-order valence-electron chi connectivity index (χ2n) is 4.65. The third-order valence-corrected chi connectivity index (χ3v) is 2.84. The van der Waals surface area contributed by atoms with E-state index in [2.05, 4.69) is 20.9 Å². The number of hydrogen-bond acceptors (Lipinski definition) is 4. The van der Waals surface area contributed by atoms with Crippen LogP contribution >= 0.6 is 0 Å². The molecule has 6 nitrogen and oxygen atoms in total. The van der Waals surface area contributed by atoms with Gasteiger partial charge in [-0.15, -0.1) is 0 Å². The molecule has 116 valence electrons. The van der Waals surface area contributed by atoms with Gasteiger partial charge in [-0.1, -0.05) is 13.8 Å². The summed E-state index contributed by atoms with van der Waals surface area (Å²) in [6, 6.07) is 3.45. The maximum atomic E-state index is 12.1. The van der Waals surface area contributed by atoms with Gasteiger partial charge in [0.2, 0.25) is 5.91 Å². The van der Waals surface area contributed by atoms with Crippen molar-refractivity contribution in [3.8, 4) is 0 Å². The van der Waals surface area contributed by atoms with Gasteiger partial charge in [0, 0.05) is 24.3 Å². The predicted molar refractivity (Wildman–Crippen MR) is 83.4 cm³/mol. The topological polar surface area (TPSA) is 83.1 Å². The van der Waals surface area contributed by atoms with Gasteiger partial charge in [-0.05, 0) is 31.9 Å². The van der Waals surface area contributed by atoms with Gasteiger partial charge in [0.25, 0.3) is 5.91 Å². The molecular formula is C15H24N4O2. The van der Waals surface area contributed by atoms with Crippen LogP contribution < -0.4 is 16.0 Å². The van der Waals surface area contributed by atoms with E-state index in [1.165, 1.54) is 0 Å². The highest BCUT2D eigenvalue weighted by Gasteiger charge is 2.10. The quantitative estimate of drug-likeness (QED) is 0.675. The predicted octanol–water partition coefficient (Wildman–Crippen LogP) is 1.33. The Morgan fingerprint density at radius 1 is 1.14 bits per heavy atom. The van der Waals surface area contributed by atoms with Gasteiger partial charge in [0.1, 0.15) is 5.82 Å². The standard InChI is InChI=1S/C15H24N4O2/c1-4-7-17-14(20)10-18-15(21)11-8-12(5-2)19-13(9-11)16-6-3/h8-9H,4-7,10H2,1-3H3,(H,16,19)(H,17,20)(H,18,21). The number of carbonyl (C=O) groups excluding carboxylic acids is 2. The van der Waals surface area contributed by atoms with E-state index in [1.807, 2.05) is 20.8 Å². The molecule has 1 rings (SSSR count). The molecule has 6 heteroatoms. The van der Waals surface area contributed by atoms with E-state index in [9.17, 15) is 9.59 Å². The van der Waals surface area contributed by atoms with Crippen molar-refractivity contribution in [3.63, 3.8) is 0 Å². The van der Waals surface area contributed by atoms with Gasteiger partial charge in [0.15, 0.2) is 0 Å². The van der Waals surface area contributed by atoms with E-state index in [0.717, 1.165) is 25.1 Å². The first-order valence-electron chi connectivity index (χ1n) is 7.40. The normalized spacial score (nSPS) is 10.0. The lowest BCUT2D eigenvalue weighted by molar-refractivity contribution is -0.120. The largest absolute Gasteiger partial charge is 0.370 e. The second-order valence-corrected chi connectivity index (χ2v) is 4.65. The Morgan fingerprint density at radius 2 is 1.90 bits per heavy atom. The number of nitrogens with zero attached hydrogens (tertiary/aromatic N) is 1. The van der Waals surface area contributed by atoms with Gasteiger partial charge in [-0.2, -0.15) is 0 Å². The fraction of sp³-hybridized carbons (Fsp3) is 0.533. The number of rotatable bonds is 8. The van der Waals surface area contributed by atoms with Crippen molar-refractivity contribution in [1.29, 1.82) is 0 Å². The van der Waals surface area contributed by atoms with Gasteiger partial charge < -0.3 is 16.0 Å². The summed E-state index contributed by atoms with van der Waals surface area (Å²) in [5.74, 6) is 0.234. The number of hydrogen-bond donors (Lipinski definition) is 3. The van der Waals surface area contributed by atoms with Crippen LogP contribution in [0.15, 0.2) is 12.1 Å². The summed E-state index contributed by atoms with van der Waals surface area (Å²) in [6.07, 6.45) is 1.62. The molecule has 21 heavy (non-hydrogen) atoms. The molecule has 0 unspecified atom stereocenters. The van der Waals surface area contributed by atoms with E-state index in [0.29, 0.717) is 17.9 Å². The zero-order valence-electron chi connectivity index (χ0n) is 13.0. The number of aromatic nitrogens is 1. The van der Waals surface area contributed by atoms with Crippen molar-refractivity contribution in [3.05, 3.63) is 23.4 Å². The van der Waals surface area contributed by atoms with Gasteiger partial charge in [-0.3, -0.25) is 9.59 Å². The third kappa shape index (κ3) is 5.81. The second kappa shape index (κ2) is 8.94. The Kier molecular flexibility index (Phi) is 7.21. The fourth-order valence-corrected chi connectivity index (χ4v) is 1.76. The molecule has 0 bridgehead atoms. The summed E-state index contributed by atoms with van der Waals surface area (Å²) < 4.78 is 0. The van der Waals surface area contributed by atoms with Crippen molar-refractivity contribution in [2.45, 2.75) is 33.6 Å². The van der Waals surface area contributed by atoms with Crippen LogP contribution in [0.5, 0.6) is 0 Å². The lowest BCUT2D eigenvalue weighted by Gasteiger charge is -2.09. The molecule has 1 heterocycles. The molecule has 1 aromatic heterocycles. The molecule has 1 aromatic rings. The minimum absolute atomic E-state index is 0.0147. The number of pyridine rings is 1. The van der Waals surface area contributed by atoms with Crippen LogP contribution in [-0.2, 0) is 11.2 Å². The lowest BCUT2D eigenvalue weighted by Crippen LogP contribution is -2.37. The van der Waals surface area contributed by atoms with Gasteiger partial charge in [0.05, 0.1) is 6.54 Å². The average molecular weight is 292 g/mol. The average Bonchev–Trinajstić information content (AvgIpc) is 2.50. The molecule has 0 aliphatic heterocycles. The summed E-state index contributed by atoms with van der Waals surface area (Å²) >= 11 is 0. The zero-order chi connectivity index (χ0) is 15.7. The van der Waals surface area contributed by atoms with Crippen LogP contribution in [0.1, 0.15) is 43.2 Å². The maximum Gasteiger partial charge on any atom is 0.251 e. The van der Waals surface area contributed by atoms with Gasteiger partial charge in [-0.25, -0.2) is 4.98 Å². The number of amides is 2. The molecule has 3 N–H and O–H groups in total. The first-order chi connectivity index (χ1) is 10.1. The number of nitrogens with one attached hydrogen (secondary N) is 3. The number of anilines is 1. The summed E-state index contributed by atoms with van der Waals surface area (Å²) in [4.78, 5) is 28.0. The summed E-state index contributed by atoms with van der Waals surface area (Å²) in [7, 11) is 0. The van der Waals surface area contributed by atoms with E-state index in [4.69, 9.17) is 0 Å². The van der Waals surface area contributed by atoms with E-state index in [-0.39, 0.29) is 18.4 Å². The Labute approximate surface area is 125 Å². The molecule has 0 radical (unpaired) electrons. The molecule has 2 amide bonds. The van der Waals surface area contributed by atoms with Crippen LogP contribution in [0.25, 0.3) is 0 Å². The molecule has 0 aromatic carbocycles. The zero-order valence-corrected chi connectivity index (χ0v) is 13.0. The molecule has 0 aliphatic rings. The Bertz CT molecular complexity index is 489. The lowest BCUT2D eigenvalue weighted by atomic mass is 10.2. The van der Waals surface area contributed by atoms with Crippen molar-refractivity contribution in [2.24, 2.45) is 0 Å². The van der Waals surface area contributed by atoms with E-state index < -0.39 is 0 Å². The molecule has 0 atom stereocenters. The molecule has 0 saturated carbocycles. The summed E-state index contributed by atoms with van der Waals surface area (Å²) in [5, 5.41) is 8.44. The minimum Gasteiger partial charge on any atom is -0.370 e. The van der Waals surface area contributed by atoms with E-state index >= 15 is 0 Å². The Morgan fingerprint density at radius 3 is 2.52 bits per heavy atom. The van der Waals surface area contributed by atoms with Gasteiger partial charge >= 0.3 is 0 Å². The first kappa shape index (κ1) is 16.9. The molecule has 0 fully saturated rings. The van der Waals surface area contributed by atoms with E-state index in [1.54, 1.807) is 12.1 Å². The van der Waals surface area contributed by atoms with Crippen molar-refractivity contribution in [1.82, 2.24) is 15.6 Å². The Hall–Kier alpha value is -2.11. The SMILES string of the molecule is CCCNC(=O)CNC(=O)c1cc(CC)nc(NCC)c1. The molecule has 0 saturated heterocycles. The van der Waals surface area contributed by atoms with Crippen LogP contribution in [0, 0.1) is 0 Å². The van der Waals surface area contributed by atoms with Crippen LogP contribution in [0.4, 0.5) is 5.82 Å². The maximum absolute atomic E-state index is 12.1. The fourth-order valence-electron chi connectivity index (χ4n) is 1.76. The number of carbonyl (C=O) groups is 2. The highest BCUT2D eigenvalue weighted by molar-refractivity contribution is 5.97. The molecule has 0 spiro atoms. The van der Waals surface area contributed by atoms with Crippen LogP contribution in [0.3, 0.4) is 0 Å². The van der Waals surface area contributed by atoms with Crippen LogP contribution in [-0.4, -0.2) is 36.4 Å². The summed E-state index contributed by atoms with van der Waals surface area (Å²) in [5.41, 5.74) is 1.36. The molecule has 0 aliphatic carbocycles. The monoisotopic (exact) mass is 292 g/mol. The molecular weight excluding hydrogens is 268 g/mol. The highest BCUT2D eigenvalue weighted by Crippen LogP contribution is 2.11. The van der Waals surface area contributed by atoms with Crippen molar-refractivity contribution >= 4 is 17.6 Å². The van der Waals surface area contributed by atoms with Crippen LogP contribution in [0.2, 0.25) is 0 Å². The first-order valence-corrected chi connectivity index (χ1v) is 7.40. The minimum atomic E-state index is -0.266. The van der Waals surface area contributed by atoms with Crippen molar-refractivity contribution < 1.29 is 9.59 Å². The number of aryl methyl sites for hydroxylation is 1. The third-order valence-electron chi connectivity index (χ3n) is 2.84. The summed E-state index contributed by atoms with van der Waals surface area (Å²) in [6.45, 7) is 7.27. The Balaban J connectivity index is 2.68. The highest BCUT2D eigenvalue weighted by atomic mass is 16.2. The van der Waals surface area contributed by atoms with Crippen molar-refractivity contribution in [2.75, 3.05) is 25.0 Å².